The lowest BCUT2D eigenvalue weighted by molar-refractivity contribution is 0.0653. The van der Waals surface area contributed by atoms with Crippen molar-refractivity contribution in [2.75, 3.05) is 19.3 Å². The number of sulfone groups is 1. The number of hydrogen-bond donors (Lipinski definition) is 1. The van der Waals surface area contributed by atoms with E-state index in [0.29, 0.717) is 0 Å². The molecule has 1 saturated heterocycles. The van der Waals surface area contributed by atoms with Gasteiger partial charge in [0.05, 0.1) is 10.8 Å². The molecule has 0 bridgehead atoms. The molecule has 1 amide bonds. The third-order valence-corrected chi connectivity index (χ3v) is 4.54. The topological polar surface area (TPSA) is 74.7 Å². The molecule has 0 spiro atoms. The highest BCUT2D eigenvalue weighted by molar-refractivity contribution is 7.91. The van der Waals surface area contributed by atoms with Crippen molar-refractivity contribution in [1.29, 1.82) is 0 Å². The Kier molecular flexibility index (Phi) is 3.21. The van der Waals surface area contributed by atoms with Crippen molar-refractivity contribution in [2.45, 2.75) is 5.25 Å². The zero-order valence-corrected chi connectivity index (χ0v) is 10.7. The van der Waals surface area contributed by atoms with Gasteiger partial charge in [-0.15, -0.1) is 0 Å². The van der Waals surface area contributed by atoms with Gasteiger partial charge in [-0.2, -0.15) is 4.39 Å². The minimum Gasteiger partial charge on any atom is -0.505 e. The molecule has 1 N–H and O–H groups in total. The third kappa shape index (κ3) is 2.40. The first-order valence-electron chi connectivity index (χ1n) is 5.37. The number of benzene rings is 1. The lowest BCUT2D eigenvalue weighted by Crippen LogP contribution is -2.56. The van der Waals surface area contributed by atoms with Crippen LogP contribution in [0.4, 0.5) is 8.78 Å². The van der Waals surface area contributed by atoms with Gasteiger partial charge in [0, 0.05) is 19.3 Å². The second-order valence-corrected chi connectivity index (χ2v) is 6.75. The molecule has 0 aromatic heterocycles. The van der Waals surface area contributed by atoms with Crippen molar-refractivity contribution in [3.8, 4) is 5.75 Å². The molecule has 5 nitrogen and oxygen atoms in total. The molecule has 1 aliphatic heterocycles. The molecule has 0 atom stereocenters. The lowest BCUT2D eigenvalue weighted by atomic mass is 10.1. The molecule has 1 aromatic carbocycles. The van der Waals surface area contributed by atoms with Crippen LogP contribution in [0.15, 0.2) is 12.1 Å². The molecule has 1 aromatic rings. The fourth-order valence-corrected chi connectivity index (χ4v) is 2.65. The Morgan fingerprint density at radius 1 is 1.32 bits per heavy atom. The summed E-state index contributed by atoms with van der Waals surface area (Å²) < 4.78 is 48.9. The number of halogens is 2. The van der Waals surface area contributed by atoms with E-state index in [-0.39, 0.29) is 13.1 Å². The van der Waals surface area contributed by atoms with E-state index in [0.717, 1.165) is 23.3 Å². The van der Waals surface area contributed by atoms with Gasteiger partial charge in [-0.3, -0.25) is 4.79 Å². The van der Waals surface area contributed by atoms with E-state index < -0.39 is 43.9 Å². The predicted molar refractivity (Wildman–Crippen MR) is 62.6 cm³/mol. The number of hydrogen-bond acceptors (Lipinski definition) is 4. The minimum atomic E-state index is -3.24. The first-order chi connectivity index (χ1) is 8.71. The monoisotopic (exact) mass is 291 g/mol. The zero-order valence-electron chi connectivity index (χ0n) is 9.93. The van der Waals surface area contributed by atoms with E-state index in [1.54, 1.807) is 0 Å². The van der Waals surface area contributed by atoms with E-state index in [4.69, 9.17) is 5.11 Å². The van der Waals surface area contributed by atoms with E-state index in [1.807, 2.05) is 0 Å². The van der Waals surface area contributed by atoms with Gasteiger partial charge in [-0.1, -0.05) is 0 Å². The summed E-state index contributed by atoms with van der Waals surface area (Å²) in [5.41, 5.74) is -0.526. The molecule has 2 rings (SSSR count). The van der Waals surface area contributed by atoms with Crippen molar-refractivity contribution < 1.29 is 27.1 Å². The van der Waals surface area contributed by atoms with E-state index in [2.05, 4.69) is 0 Å². The van der Waals surface area contributed by atoms with Crippen LogP contribution in [0.3, 0.4) is 0 Å². The van der Waals surface area contributed by atoms with Gasteiger partial charge in [-0.05, 0) is 12.1 Å². The van der Waals surface area contributed by atoms with E-state index in [1.165, 1.54) is 0 Å². The molecule has 104 valence electrons. The number of nitrogens with zero attached hydrogens (tertiary/aromatic N) is 1. The standard InChI is InChI=1S/C11H11F2NO4S/c1-19(17,18)6-4-14(5-6)11(16)7-2-3-8(15)10(13)9(7)12/h2-3,6,15H,4-5H2,1H3. The predicted octanol–water partition coefficient (Wildman–Crippen LogP) is 0.539. The number of phenolic OH excluding ortho intramolecular Hbond substituents is 1. The van der Waals surface area contributed by atoms with Gasteiger partial charge < -0.3 is 10.0 Å². The molecule has 19 heavy (non-hydrogen) atoms. The Hall–Kier alpha value is -1.70. The minimum absolute atomic E-state index is 0.0421. The molecular weight excluding hydrogens is 280 g/mol. The van der Waals surface area contributed by atoms with Crippen molar-refractivity contribution >= 4 is 15.7 Å². The van der Waals surface area contributed by atoms with Gasteiger partial charge >= 0.3 is 0 Å². The van der Waals surface area contributed by atoms with Crippen LogP contribution in [0.2, 0.25) is 0 Å². The molecule has 8 heteroatoms. The molecule has 0 unspecified atom stereocenters. The number of carbonyl (C=O) groups excluding carboxylic acids is 1. The maximum absolute atomic E-state index is 13.5. The quantitative estimate of drug-likeness (QED) is 0.863. The van der Waals surface area contributed by atoms with Crippen LogP contribution >= 0.6 is 0 Å². The summed E-state index contributed by atoms with van der Waals surface area (Å²) in [6.07, 6.45) is 1.06. The Balaban J connectivity index is 2.18. The summed E-state index contributed by atoms with van der Waals surface area (Å²) >= 11 is 0. The van der Waals surface area contributed by atoms with Crippen molar-refractivity contribution in [1.82, 2.24) is 4.90 Å². The maximum atomic E-state index is 13.5. The van der Waals surface area contributed by atoms with Gasteiger partial charge in [-0.25, -0.2) is 12.8 Å². The Morgan fingerprint density at radius 2 is 1.89 bits per heavy atom. The highest BCUT2D eigenvalue weighted by Gasteiger charge is 2.38. The van der Waals surface area contributed by atoms with Gasteiger partial charge in [0.2, 0.25) is 5.82 Å². The molecule has 1 heterocycles. The van der Waals surface area contributed by atoms with Crippen LogP contribution in [-0.2, 0) is 9.84 Å². The molecule has 0 saturated carbocycles. The van der Waals surface area contributed by atoms with Crippen LogP contribution < -0.4 is 0 Å². The Labute approximate surface area is 108 Å². The highest BCUT2D eigenvalue weighted by Crippen LogP contribution is 2.24. The third-order valence-electron chi connectivity index (χ3n) is 3.03. The van der Waals surface area contributed by atoms with E-state index >= 15 is 0 Å². The average molecular weight is 291 g/mol. The lowest BCUT2D eigenvalue weighted by Gasteiger charge is -2.37. The van der Waals surface area contributed by atoms with Crippen LogP contribution in [0.1, 0.15) is 10.4 Å². The van der Waals surface area contributed by atoms with E-state index in [9.17, 15) is 22.0 Å². The number of rotatable bonds is 2. The average Bonchev–Trinajstić information content (AvgIpc) is 2.21. The zero-order chi connectivity index (χ0) is 14.4. The fraction of sp³-hybridized carbons (Fsp3) is 0.364. The first kappa shape index (κ1) is 13.7. The van der Waals surface area contributed by atoms with Crippen molar-refractivity contribution in [2.24, 2.45) is 0 Å². The van der Waals surface area contributed by atoms with Crippen molar-refractivity contribution in [3.63, 3.8) is 0 Å². The van der Waals surface area contributed by atoms with Gasteiger partial charge in [0.25, 0.3) is 5.91 Å². The summed E-state index contributed by atoms with van der Waals surface area (Å²) in [5.74, 6) is -4.61. The Morgan fingerprint density at radius 3 is 2.42 bits per heavy atom. The highest BCUT2D eigenvalue weighted by atomic mass is 32.2. The SMILES string of the molecule is CS(=O)(=O)C1CN(C(=O)c2ccc(O)c(F)c2F)C1. The smallest absolute Gasteiger partial charge is 0.257 e. The normalized spacial score (nSPS) is 16.3. The van der Waals surface area contributed by atoms with Crippen LogP contribution in [0.25, 0.3) is 0 Å². The summed E-state index contributed by atoms with van der Waals surface area (Å²) in [6, 6.07) is 1.84. The summed E-state index contributed by atoms with van der Waals surface area (Å²) in [7, 11) is -3.24. The second kappa shape index (κ2) is 4.44. The van der Waals surface area contributed by atoms with Crippen LogP contribution in [0, 0.1) is 11.6 Å². The van der Waals surface area contributed by atoms with Crippen molar-refractivity contribution in [3.05, 3.63) is 29.3 Å². The fourth-order valence-electron chi connectivity index (χ4n) is 1.75. The molecule has 1 aliphatic rings. The Bertz CT molecular complexity index is 638. The van der Waals surface area contributed by atoms with Gasteiger partial charge in [0.1, 0.15) is 0 Å². The largest absolute Gasteiger partial charge is 0.505 e. The van der Waals surface area contributed by atoms with Crippen LogP contribution in [-0.4, -0.2) is 48.9 Å². The molecule has 0 aliphatic carbocycles. The second-order valence-electron chi connectivity index (χ2n) is 4.42. The maximum Gasteiger partial charge on any atom is 0.257 e. The van der Waals surface area contributed by atoms with Gasteiger partial charge in [0.15, 0.2) is 21.4 Å². The summed E-state index contributed by atoms with van der Waals surface area (Å²) in [5, 5.41) is 8.28. The van der Waals surface area contributed by atoms with Crippen LogP contribution in [0.5, 0.6) is 5.75 Å². The summed E-state index contributed by atoms with van der Waals surface area (Å²) in [6.45, 7) is -0.0841. The summed E-state index contributed by atoms with van der Waals surface area (Å²) in [4.78, 5) is 12.9. The number of likely N-dealkylation sites (tertiary alicyclic amines) is 1. The first-order valence-corrected chi connectivity index (χ1v) is 7.32. The number of phenols is 1. The number of carbonyl (C=O) groups is 1. The molecule has 1 fully saturated rings. The number of aromatic hydroxyl groups is 1. The molecule has 0 radical (unpaired) electrons. The molecular formula is C11H11F2NO4S. The number of amides is 1.